The van der Waals surface area contributed by atoms with Crippen molar-refractivity contribution in [2.45, 2.75) is 155 Å². The van der Waals surface area contributed by atoms with Gasteiger partial charge in [-0.2, -0.15) is 0 Å². The molecular weight excluding hydrogens is 424 g/mol. The van der Waals surface area contributed by atoms with Crippen LogP contribution in [0.1, 0.15) is 130 Å². The van der Waals surface area contributed by atoms with Gasteiger partial charge in [0.05, 0.1) is 0 Å². The smallest absolute Gasteiger partial charge is 0.429 e. The highest BCUT2D eigenvalue weighted by atomic mass is 16.7. The van der Waals surface area contributed by atoms with Crippen molar-refractivity contribution in [3.05, 3.63) is 0 Å². The van der Waals surface area contributed by atoms with Crippen LogP contribution < -0.4 is 0 Å². The Morgan fingerprint density at radius 1 is 0.588 bits per heavy atom. The summed E-state index contributed by atoms with van der Waals surface area (Å²) in [6.45, 7) is 13.5. The average molecular weight is 481 g/mol. The van der Waals surface area contributed by atoms with Crippen LogP contribution in [0.5, 0.6) is 0 Å². The lowest BCUT2D eigenvalue weighted by atomic mass is 9.90. The number of rotatable bonds is 16. The molecule has 0 N–H and O–H groups in total. The van der Waals surface area contributed by atoms with Gasteiger partial charge in [-0.25, -0.2) is 4.79 Å². The van der Waals surface area contributed by atoms with Gasteiger partial charge >= 0.3 is 6.16 Å². The zero-order valence-electron chi connectivity index (χ0n) is 23.1. The summed E-state index contributed by atoms with van der Waals surface area (Å²) in [4.78, 5) is 18.3. The minimum Gasteiger partial charge on any atom is -0.429 e. The number of carbonyl (C=O) groups excluding carboxylic acids is 1. The second kappa shape index (κ2) is 17.6. The Morgan fingerprint density at radius 3 is 1.24 bits per heavy atom. The Hall–Kier alpha value is -0.810. The summed E-state index contributed by atoms with van der Waals surface area (Å²) < 4.78 is 12.2. The number of unbranched alkanes of at least 4 members (excludes halogenated alkanes) is 4. The zero-order chi connectivity index (χ0) is 24.6. The highest BCUT2D eigenvalue weighted by molar-refractivity contribution is 5.60. The molecule has 4 unspecified atom stereocenters. The lowest BCUT2D eigenvalue weighted by Crippen LogP contribution is -2.50. The summed E-state index contributed by atoms with van der Waals surface area (Å²) in [6.07, 6.45) is 18.2. The van der Waals surface area contributed by atoms with E-state index in [0.717, 1.165) is 64.7 Å². The predicted octanol–water partition coefficient (Wildman–Crippen LogP) is 7.57. The molecule has 0 aromatic carbocycles. The number of ether oxygens (including phenoxy) is 2. The van der Waals surface area contributed by atoms with Crippen LogP contribution in [0.4, 0.5) is 4.79 Å². The third kappa shape index (κ3) is 10.0. The maximum absolute atomic E-state index is 13.1. The van der Waals surface area contributed by atoms with Gasteiger partial charge in [-0.15, -0.1) is 0 Å². The Bertz CT molecular complexity index is 470. The van der Waals surface area contributed by atoms with E-state index >= 15 is 0 Å². The van der Waals surface area contributed by atoms with Crippen LogP contribution in [0.25, 0.3) is 0 Å². The third-order valence-electron chi connectivity index (χ3n) is 7.96. The van der Waals surface area contributed by atoms with Crippen LogP contribution in [0.3, 0.4) is 0 Å². The molecule has 2 aliphatic rings. The van der Waals surface area contributed by atoms with Gasteiger partial charge in [0, 0.05) is 12.1 Å². The summed E-state index contributed by atoms with van der Waals surface area (Å²) in [5, 5.41) is 0. The molecule has 34 heavy (non-hydrogen) atoms. The zero-order valence-corrected chi connectivity index (χ0v) is 23.1. The molecule has 0 aliphatic heterocycles. The maximum Gasteiger partial charge on any atom is 0.508 e. The first kappa shape index (κ1) is 29.4. The second-order valence-corrected chi connectivity index (χ2v) is 10.8. The van der Waals surface area contributed by atoms with Crippen molar-refractivity contribution in [3.63, 3.8) is 0 Å². The fraction of sp³-hybridized carbons (Fsp3) is 0.966. The fourth-order valence-corrected chi connectivity index (χ4v) is 5.87. The van der Waals surface area contributed by atoms with Gasteiger partial charge in [0.25, 0.3) is 0 Å². The van der Waals surface area contributed by atoms with E-state index in [1.165, 1.54) is 64.2 Å². The number of carbonyl (C=O) groups is 1. The van der Waals surface area contributed by atoms with Crippen LogP contribution in [0, 0.1) is 0 Å². The average Bonchev–Trinajstić information content (AvgIpc) is 2.85. The third-order valence-corrected chi connectivity index (χ3v) is 7.96. The molecule has 0 saturated heterocycles. The van der Waals surface area contributed by atoms with Crippen LogP contribution >= 0.6 is 0 Å². The minimum atomic E-state index is -0.411. The highest BCUT2D eigenvalue weighted by Gasteiger charge is 2.36. The molecule has 200 valence electrons. The molecule has 0 amide bonds. The molecular formula is C29H56N2O3. The Morgan fingerprint density at radius 2 is 0.912 bits per heavy atom. The summed E-state index contributed by atoms with van der Waals surface area (Å²) in [7, 11) is 0. The Balaban J connectivity index is 2.00. The molecule has 0 spiro atoms. The molecule has 5 heteroatoms. The molecule has 4 atom stereocenters. The van der Waals surface area contributed by atoms with Gasteiger partial charge in [-0.1, -0.05) is 66.2 Å². The van der Waals surface area contributed by atoms with Crippen LogP contribution in [-0.4, -0.2) is 66.4 Å². The molecule has 0 aromatic rings. The van der Waals surface area contributed by atoms with Crippen LogP contribution in [-0.2, 0) is 9.47 Å². The largest absolute Gasteiger partial charge is 0.508 e. The first-order chi connectivity index (χ1) is 16.6. The van der Waals surface area contributed by atoms with Gasteiger partial charge in [0.15, 0.2) is 0 Å². The standard InChI is InChI=1S/C29H56N2O3/c1-5-9-21-30(22-10-6-2)25-17-13-15-19-27(25)33-29(32)34-28-20-16-14-18-26(28)31(23-11-7-3)24-12-8-4/h25-28H,5-24H2,1-4H3. The van der Waals surface area contributed by atoms with Crippen molar-refractivity contribution >= 4 is 6.16 Å². The van der Waals surface area contributed by atoms with Gasteiger partial charge in [0.2, 0.25) is 0 Å². The summed E-state index contributed by atoms with van der Waals surface area (Å²) >= 11 is 0. The van der Waals surface area contributed by atoms with Crippen LogP contribution in [0.2, 0.25) is 0 Å². The quantitative estimate of drug-likeness (QED) is 0.213. The number of nitrogens with zero attached hydrogens (tertiary/aromatic N) is 2. The fourth-order valence-electron chi connectivity index (χ4n) is 5.87. The number of hydrogen-bond donors (Lipinski definition) is 0. The van der Waals surface area contributed by atoms with Crippen molar-refractivity contribution in [1.29, 1.82) is 0 Å². The van der Waals surface area contributed by atoms with Gasteiger partial charge in [-0.3, -0.25) is 9.80 Å². The number of hydrogen-bond acceptors (Lipinski definition) is 5. The van der Waals surface area contributed by atoms with E-state index in [2.05, 4.69) is 37.5 Å². The van der Waals surface area contributed by atoms with E-state index in [-0.39, 0.29) is 12.2 Å². The van der Waals surface area contributed by atoms with Gasteiger partial charge in [-0.05, 0) is 90.4 Å². The molecule has 5 nitrogen and oxygen atoms in total. The Kier molecular flexibility index (Phi) is 15.2. The molecule has 2 aliphatic carbocycles. The van der Waals surface area contributed by atoms with Crippen molar-refractivity contribution in [1.82, 2.24) is 9.80 Å². The molecule has 0 aromatic heterocycles. The summed E-state index contributed by atoms with van der Waals surface area (Å²) in [5.41, 5.74) is 0. The monoisotopic (exact) mass is 480 g/mol. The highest BCUT2D eigenvalue weighted by Crippen LogP contribution is 2.30. The minimum absolute atomic E-state index is 0.0201. The van der Waals surface area contributed by atoms with E-state index in [1.807, 2.05) is 0 Å². The lowest BCUT2D eigenvalue weighted by molar-refractivity contribution is -0.0668. The van der Waals surface area contributed by atoms with E-state index in [4.69, 9.17) is 9.47 Å². The summed E-state index contributed by atoms with van der Waals surface area (Å²) in [6, 6.07) is 0.708. The molecule has 0 radical (unpaired) electrons. The first-order valence-electron chi connectivity index (χ1n) is 15.0. The van der Waals surface area contributed by atoms with E-state index in [0.29, 0.717) is 12.1 Å². The molecule has 2 rings (SSSR count). The Labute approximate surface area is 211 Å². The van der Waals surface area contributed by atoms with Crippen LogP contribution in [0.15, 0.2) is 0 Å². The molecule has 0 heterocycles. The molecule has 0 bridgehead atoms. The van der Waals surface area contributed by atoms with Gasteiger partial charge < -0.3 is 9.47 Å². The van der Waals surface area contributed by atoms with Crippen molar-refractivity contribution < 1.29 is 14.3 Å². The molecule has 2 saturated carbocycles. The van der Waals surface area contributed by atoms with E-state index in [9.17, 15) is 4.79 Å². The SMILES string of the molecule is CCCCN(CCCC)C1CCCCC1OC(=O)OC1CCCCC1N(CCCC)CCCC. The maximum atomic E-state index is 13.1. The molecule has 2 fully saturated rings. The predicted molar refractivity (Wildman–Crippen MR) is 142 cm³/mol. The van der Waals surface area contributed by atoms with Crippen molar-refractivity contribution in [3.8, 4) is 0 Å². The van der Waals surface area contributed by atoms with Gasteiger partial charge in [0.1, 0.15) is 12.2 Å². The van der Waals surface area contributed by atoms with Crippen molar-refractivity contribution in [2.75, 3.05) is 26.2 Å². The lowest BCUT2D eigenvalue weighted by Gasteiger charge is -2.41. The van der Waals surface area contributed by atoms with E-state index < -0.39 is 6.16 Å². The normalized spacial score (nSPS) is 25.6. The first-order valence-corrected chi connectivity index (χ1v) is 15.0. The summed E-state index contributed by atoms with van der Waals surface area (Å²) in [5.74, 6) is 0. The van der Waals surface area contributed by atoms with Crippen molar-refractivity contribution in [2.24, 2.45) is 0 Å². The topological polar surface area (TPSA) is 42.0 Å². The second-order valence-electron chi connectivity index (χ2n) is 10.8. The van der Waals surface area contributed by atoms with E-state index in [1.54, 1.807) is 0 Å².